The molecule has 1 amide bonds. The van der Waals surface area contributed by atoms with Gasteiger partial charge >= 0.3 is 6.18 Å². The van der Waals surface area contributed by atoms with Crippen molar-refractivity contribution in [3.8, 4) is 6.07 Å². The molecule has 0 aromatic rings. The second-order valence-corrected chi connectivity index (χ2v) is 4.66. The third-order valence-electron chi connectivity index (χ3n) is 2.69. The Bertz CT molecular complexity index is 329. The van der Waals surface area contributed by atoms with Crippen LogP contribution in [0, 0.1) is 23.2 Å². The highest BCUT2D eigenvalue weighted by molar-refractivity contribution is 5.82. The van der Waals surface area contributed by atoms with E-state index in [-0.39, 0.29) is 12.0 Å². The summed E-state index contributed by atoms with van der Waals surface area (Å²) in [4.78, 5) is 12.7. The van der Waals surface area contributed by atoms with Crippen molar-refractivity contribution in [2.24, 2.45) is 11.8 Å². The zero-order valence-corrected chi connectivity index (χ0v) is 9.79. The normalized spacial score (nSPS) is 17.7. The Morgan fingerprint density at radius 3 is 2.29 bits per heavy atom. The van der Waals surface area contributed by atoms with Crippen molar-refractivity contribution in [2.45, 2.75) is 38.9 Å². The summed E-state index contributed by atoms with van der Waals surface area (Å²) in [6.45, 7) is 2.07. The number of carbonyl (C=O) groups is 1. The van der Waals surface area contributed by atoms with E-state index in [1.54, 1.807) is 19.9 Å². The summed E-state index contributed by atoms with van der Waals surface area (Å²) in [6.07, 6.45) is -3.22. The minimum Gasteiger partial charge on any atom is -0.329 e. The van der Waals surface area contributed by atoms with Gasteiger partial charge in [0.25, 0.3) is 0 Å². The summed E-state index contributed by atoms with van der Waals surface area (Å²) in [5.41, 5.74) is 0. The monoisotopic (exact) mass is 248 g/mol. The highest BCUT2D eigenvalue weighted by atomic mass is 19.4. The van der Waals surface area contributed by atoms with Crippen molar-refractivity contribution >= 4 is 5.91 Å². The lowest BCUT2D eigenvalue weighted by atomic mass is 9.96. The molecule has 1 unspecified atom stereocenters. The fraction of sp³-hybridized carbons (Fsp3) is 0.818. The number of rotatable bonds is 4. The molecule has 0 aliphatic heterocycles. The molecular formula is C11H15F3N2O. The maximum absolute atomic E-state index is 12.3. The molecule has 0 spiro atoms. The molecular weight excluding hydrogens is 233 g/mol. The molecule has 0 bridgehead atoms. The molecule has 0 aromatic heterocycles. The Hall–Kier alpha value is -1.25. The minimum absolute atomic E-state index is 0.276. The molecule has 17 heavy (non-hydrogen) atoms. The molecule has 6 heteroatoms. The zero-order chi connectivity index (χ0) is 13.2. The summed E-state index contributed by atoms with van der Waals surface area (Å²) in [6, 6.07) is 1.46. The zero-order valence-electron chi connectivity index (χ0n) is 9.79. The SMILES string of the molecule is CC(C)C(C#N)C(=O)N(CC(F)(F)F)C1CC1. The van der Waals surface area contributed by atoms with E-state index in [0.717, 1.165) is 4.90 Å². The number of hydrogen-bond acceptors (Lipinski definition) is 2. The lowest BCUT2D eigenvalue weighted by Crippen LogP contribution is -2.44. The van der Waals surface area contributed by atoms with E-state index in [4.69, 9.17) is 5.26 Å². The first-order valence-corrected chi connectivity index (χ1v) is 5.53. The maximum Gasteiger partial charge on any atom is 0.406 e. The highest BCUT2D eigenvalue weighted by Gasteiger charge is 2.43. The van der Waals surface area contributed by atoms with E-state index in [1.807, 2.05) is 0 Å². The standard InChI is InChI=1S/C11H15F3N2O/c1-7(2)9(5-15)10(17)16(8-3-4-8)6-11(12,13)14/h7-9H,3-4,6H2,1-2H3. The predicted octanol–water partition coefficient (Wildman–Crippen LogP) is 2.34. The van der Waals surface area contributed by atoms with Crippen molar-refractivity contribution < 1.29 is 18.0 Å². The van der Waals surface area contributed by atoms with Gasteiger partial charge in [-0.1, -0.05) is 13.8 Å². The maximum atomic E-state index is 12.3. The van der Waals surface area contributed by atoms with Gasteiger partial charge in [-0.15, -0.1) is 0 Å². The number of alkyl halides is 3. The van der Waals surface area contributed by atoms with Crippen LogP contribution >= 0.6 is 0 Å². The van der Waals surface area contributed by atoms with Crippen LogP contribution in [0.4, 0.5) is 13.2 Å². The number of carbonyl (C=O) groups excluding carboxylic acids is 1. The summed E-state index contributed by atoms with van der Waals surface area (Å²) in [7, 11) is 0. The molecule has 1 aliphatic rings. The van der Waals surface area contributed by atoms with Crippen molar-refractivity contribution in [1.29, 1.82) is 5.26 Å². The van der Waals surface area contributed by atoms with E-state index in [1.165, 1.54) is 0 Å². The van der Waals surface area contributed by atoms with Crippen LogP contribution in [-0.2, 0) is 4.79 Å². The van der Waals surface area contributed by atoms with Gasteiger partial charge in [0.2, 0.25) is 5.91 Å². The molecule has 0 aromatic carbocycles. The number of amides is 1. The Kier molecular flexibility index (Phi) is 4.02. The molecule has 3 nitrogen and oxygen atoms in total. The molecule has 0 heterocycles. The van der Waals surface area contributed by atoms with Gasteiger partial charge in [-0.3, -0.25) is 4.79 Å². The largest absolute Gasteiger partial charge is 0.406 e. The number of nitriles is 1. The van der Waals surface area contributed by atoms with Gasteiger partial charge in [0.05, 0.1) is 6.07 Å². The Labute approximate surface area is 98.2 Å². The Morgan fingerprint density at radius 1 is 1.47 bits per heavy atom. The lowest BCUT2D eigenvalue weighted by Gasteiger charge is -2.26. The second kappa shape index (κ2) is 4.94. The number of nitrogens with zero attached hydrogens (tertiary/aromatic N) is 2. The van der Waals surface area contributed by atoms with Crippen LogP contribution in [0.5, 0.6) is 0 Å². The van der Waals surface area contributed by atoms with Crippen LogP contribution in [0.15, 0.2) is 0 Å². The van der Waals surface area contributed by atoms with Gasteiger partial charge in [-0.25, -0.2) is 0 Å². The Balaban J connectivity index is 2.77. The third-order valence-corrected chi connectivity index (χ3v) is 2.69. The smallest absolute Gasteiger partial charge is 0.329 e. The van der Waals surface area contributed by atoms with Gasteiger partial charge in [-0.05, 0) is 18.8 Å². The van der Waals surface area contributed by atoms with E-state index < -0.39 is 24.5 Å². The van der Waals surface area contributed by atoms with Crippen molar-refractivity contribution in [3.63, 3.8) is 0 Å². The molecule has 1 rings (SSSR count). The average molecular weight is 248 g/mol. The van der Waals surface area contributed by atoms with E-state index in [2.05, 4.69) is 0 Å². The molecule has 0 saturated heterocycles. The van der Waals surface area contributed by atoms with Gasteiger partial charge < -0.3 is 4.90 Å². The number of halogens is 3. The second-order valence-electron chi connectivity index (χ2n) is 4.66. The first-order valence-electron chi connectivity index (χ1n) is 5.53. The van der Waals surface area contributed by atoms with Crippen LogP contribution in [0.3, 0.4) is 0 Å². The fourth-order valence-corrected chi connectivity index (χ4v) is 1.63. The molecule has 0 N–H and O–H groups in total. The van der Waals surface area contributed by atoms with Gasteiger partial charge in [0, 0.05) is 6.04 Å². The van der Waals surface area contributed by atoms with Gasteiger partial charge in [0.15, 0.2) is 0 Å². The van der Waals surface area contributed by atoms with Gasteiger partial charge in [0.1, 0.15) is 12.5 Å². The van der Waals surface area contributed by atoms with Crippen LogP contribution in [0.2, 0.25) is 0 Å². The summed E-state index contributed by atoms with van der Waals surface area (Å²) in [5, 5.41) is 8.84. The lowest BCUT2D eigenvalue weighted by molar-refractivity contribution is -0.164. The van der Waals surface area contributed by atoms with Crippen LogP contribution in [-0.4, -0.2) is 29.6 Å². The number of hydrogen-bond donors (Lipinski definition) is 0. The minimum atomic E-state index is -4.41. The summed E-state index contributed by atoms with van der Waals surface area (Å²) >= 11 is 0. The summed E-state index contributed by atoms with van der Waals surface area (Å²) < 4.78 is 37.0. The molecule has 0 radical (unpaired) electrons. The van der Waals surface area contributed by atoms with Crippen molar-refractivity contribution in [2.75, 3.05) is 6.54 Å². The van der Waals surface area contributed by atoms with Crippen molar-refractivity contribution in [1.82, 2.24) is 4.90 Å². The topological polar surface area (TPSA) is 44.1 Å². The van der Waals surface area contributed by atoms with Crippen molar-refractivity contribution in [3.05, 3.63) is 0 Å². The quantitative estimate of drug-likeness (QED) is 0.766. The van der Waals surface area contributed by atoms with Crippen LogP contribution in [0.25, 0.3) is 0 Å². The van der Waals surface area contributed by atoms with Crippen LogP contribution < -0.4 is 0 Å². The Morgan fingerprint density at radius 2 is 2.00 bits per heavy atom. The van der Waals surface area contributed by atoms with Gasteiger partial charge in [-0.2, -0.15) is 18.4 Å². The highest BCUT2D eigenvalue weighted by Crippen LogP contribution is 2.32. The van der Waals surface area contributed by atoms with Crippen LogP contribution in [0.1, 0.15) is 26.7 Å². The third kappa shape index (κ3) is 3.91. The molecule has 1 aliphatic carbocycles. The fourth-order valence-electron chi connectivity index (χ4n) is 1.63. The average Bonchev–Trinajstić information content (AvgIpc) is 2.96. The summed E-state index contributed by atoms with van der Waals surface area (Å²) in [5.74, 6) is -1.96. The molecule has 1 saturated carbocycles. The van der Waals surface area contributed by atoms with E-state index in [0.29, 0.717) is 12.8 Å². The molecule has 96 valence electrons. The molecule has 1 atom stereocenters. The first-order chi connectivity index (χ1) is 7.76. The molecule has 1 fully saturated rings. The first kappa shape index (κ1) is 13.8. The predicted molar refractivity (Wildman–Crippen MR) is 54.7 cm³/mol. The van der Waals surface area contributed by atoms with E-state index in [9.17, 15) is 18.0 Å². The van der Waals surface area contributed by atoms with E-state index >= 15 is 0 Å².